The van der Waals surface area contributed by atoms with E-state index in [9.17, 15) is 18.0 Å². The molecule has 1 aliphatic heterocycles. The van der Waals surface area contributed by atoms with Gasteiger partial charge in [0, 0.05) is 43.4 Å². The molecule has 0 aromatic heterocycles. The molecule has 1 aromatic rings. The van der Waals surface area contributed by atoms with Crippen LogP contribution in [0, 0.1) is 0 Å². The lowest BCUT2D eigenvalue weighted by Crippen LogP contribution is -2.45. The summed E-state index contributed by atoms with van der Waals surface area (Å²) in [5, 5.41) is 6.94. The van der Waals surface area contributed by atoms with E-state index < -0.39 is 18.6 Å². The van der Waals surface area contributed by atoms with E-state index >= 15 is 0 Å². The van der Waals surface area contributed by atoms with Crippen LogP contribution in [0.3, 0.4) is 0 Å². The van der Waals surface area contributed by atoms with Crippen LogP contribution in [0.4, 0.5) is 18.9 Å². The van der Waals surface area contributed by atoms with Crippen LogP contribution < -0.4 is 15.5 Å². The number of hydrogen-bond acceptors (Lipinski definition) is 3. The van der Waals surface area contributed by atoms with E-state index in [4.69, 9.17) is 11.6 Å². The van der Waals surface area contributed by atoms with Crippen molar-refractivity contribution in [3.63, 3.8) is 0 Å². The van der Waals surface area contributed by atoms with Crippen LogP contribution in [0.15, 0.2) is 29.3 Å². The van der Waals surface area contributed by atoms with Gasteiger partial charge in [-0.15, -0.1) is 0 Å². The third kappa shape index (κ3) is 7.10. The van der Waals surface area contributed by atoms with Crippen molar-refractivity contribution in [2.75, 3.05) is 44.7 Å². The van der Waals surface area contributed by atoms with Gasteiger partial charge in [-0.2, -0.15) is 13.2 Å². The number of nitrogens with one attached hydrogen (secondary N) is 2. The Morgan fingerprint density at radius 3 is 2.82 bits per heavy atom. The summed E-state index contributed by atoms with van der Waals surface area (Å²) in [6.45, 7) is 2.37. The lowest BCUT2D eigenvalue weighted by Gasteiger charge is -2.21. The summed E-state index contributed by atoms with van der Waals surface area (Å²) in [6.07, 6.45) is -3.57. The van der Waals surface area contributed by atoms with Crippen LogP contribution in [0.2, 0.25) is 5.02 Å². The van der Waals surface area contributed by atoms with Crippen LogP contribution in [0.1, 0.15) is 13.3 Å². The van der Waals surface area contributed by atoms with Gasteiger partial charge in [0.05, 0.1) is 0 Å². The van der Waals surface area contributed by atoms with Crippen LogP contribution in [0.5, 0.6) is 0 Å². The van der Waals surface area contributed by atoms with E-state index in [0.717, 1.165) is 32.2 Å². The summed E-state index contributed by atoms with van der Waals surface area (Å²) >= 11 is 6.04. The van der Waals surface area contributed by atoms with E-state index in [1.54, 1.807) is 0 Å². The standard InChI is InChI=1S/C18H25ClF3N5O/c1-3-23-17(24-10-16(28)26(2)12-18(20,21)22)25-14-7-8-27(11-14)15-6-4-5-13(19)9-15/h4-6,9,14H,3,7-8,10-12H2,1-2H3,(H2,23,24,25). The van der Waals surface area contributed by atoms with Crippen LogP contribution in [0.25, 0.3) is 0 Å². The van der Waals surface area contributed by atoms with Gasteiger partial charge < -0.3 is 20.4 Å². The molecule has 1 aliphatic rings. The fourth-order valence-corrected chi connectivity index (χ4v) is 3.11. The number of amides is 1. The Morgan fingerprint density at radius 2 is 2.18 bits per heavy atom. The van der Waals surface area contributed by atoms with Crippen molar-refractivity contribution >= 4 is 29.2 Å². The van der Waals surface area contributed by atoms with Gasteiger partial charge in [-0.05, 0) is 31.5 Å². The third-order valence-corrected chi connectivity index (χ3v) is 4.50. The molecular formula is C18H25ClF3N5O. The van der Waals surface area contributed by atoms with Crippen LogP contribution in [-0.2, 0) is 4.79 Å². The zero-order valence-corrected chi connectivity index (χ0v) is 16.6. The molecule has 1 heterocycles. The SMILES string of the molecule is CCNC(=NCC(=O)N(C)CC(F)(F)F)NC1CCN(c2cccc(Cl)c2)C1. The number of anilines is 1. The van der Waals surface area contributed by atoms with Gasteiger partial charge in [0.2, 0.25) is 5.91 Å². The maximum absolute atomic E-state index is 12.4. The number of guanidine groups is 1. The fourth-order valence-electron chi connectivity index (χ4n) is 2.92. The molecule has 1 saturated heterocycles. The van der Waals surface area contributed by atoms with Gasteiger partial charge in [0.25, 0.3) is 0 Å². The van der Waals surface area contributed by atoms with Crippen molar-refractivity contribution in [1.29, 1.82) is 0 Å². The lowest BCUT2D eigenvalue weighted by atomic mass is 10.3. The smallest absolute Gasteiger partial charge is 0.369 e. The number of alkyl halides is 3. The second-order valence-electron chi connectivity index (χ2n) is 6.62. The van der Waals surface area contributed by atoms with Crippen molar-refractivity contribution in [2.45, 2.75) is 25.6 Å². The Bertz CT molecular complexity index is 698. The molecule has 0 radical (unpaired) electrons. The van der Waals surface area contributed by atoms with Crippen molar-refractivity contribution in [1.82, 2.24) is 15.5 Å². The molecule has 10 heteroatoms. The van der Waals surface area contributed by atoms with E-state index in [0.29, 0.717) is 22.4 Å². The minimum atomic E-state index is -4.43. The highest BCUT2D eigenvalue weighted by Crippen LogP contribution is 2.23. The monoisotopic (exact) mass is 419 g/mol. The molecule has 1 atom stereocenters. The predicted molar refractivity (Wildman–Crippen MR) is 105 cm³/mol. The fraction of sp³-hybridized carbons (Fsp3) is 0.556. The van der Waals surface area contributed by atoms with Gasteiger partial charge in [0.15, 0.2) is 5.96 Å². The summed E-state index contributed by atoms with van der Waals surface area (Å²) in [4.78, 5) is 18.8. The van der Waals surface area contributed by atoms with E-state index in [-0.39, 0.29) is 12.6 Å². The Labute approximate surface area is 167 Å². The second kappa shape index (κ2) is 9.86. The van der Waals surface area contributed by atoms with Crippen LogP contribution in [-0.4, -0.2) is 68.8 Å². The Balaban J connectivity index is 1.91. The maximum Gasteiger partial charge on any atom is 0.406 e. The topological polar surface area (TPSA) is 60.0 Å². The summed E-state index contributed by atoms with van der Waals surface area (Å²) < 4.78 is 37.2. The molecule has 0 bridgehead atoms. The molecule has 0 saturated carbocycles. The molecule has 1 aromatic carbocycles. The van der Waals surface area contributed by atoms with E-state index in [1.165, 1.54) is 0 Å². The highest BCUT2D eigenvalue weighted by atomic mass is 35.5. The second-order valence-corrected chi connectivity index (χ2v) is 7.05. The molecule has 2 N–H and O–H groups in total. The first-order chi connectivity index (χ1) is 13.2. The summed E-state index contributed by atoms with van der Waals surface area (Å²) in [5.74, 6) is -0.282. The molecule has 0 spiro atoms. The number of rotatable bonds is 6. The van der Waals surface area contributed by atoms with E-state index in [1.807, 2.05) is 31.2 Å². The minimum Gasteiger partial charge on any atom is -0.369 e. The zero-order chi connectivity index (χ0) is 20.7. The number of aliphatic imine (C=N–C) groups is 1. The number of carbonyl (C=O) groups excluding carboxylic acids is 1. The quantitative estimate of drug-likeness (QED) is 0.549. The first kappa shape index (κ1) is 22.1. The molecule has 2 rings (SSSR count). The Morgan fingerprint density at radius 1 is 1.43 bits per heavy atom. The summed E-state index contributed by atoms with van der Waals surface area (Å²) in [5.41, 5.74) is 1.03. The highest BCUT2D eigenvalue weighted by Gasteiger charge is 2.31. The molecular weight excluding hydrogens is 395 g/mol. The molecule has 0 aliphatic carbocycles. The lowest BCUT2D eigenvalue weighted by molar-refractivity contribution is -0.157. The Kier molecular flexibility index (Phi) is 7.79. The number of nitrogens with zero attached hydrogens (tertiary/aromatic N) is 3. The Hall–Kier alpha value is -2.16. The average molecular weight is 420 g/mol. The number of halogens is 4. The molecule has 1 fully saturated rings. The largest absolute Gasteiger partial charge is 0.406 e. The normalized spacial score (nSPS) is 17.6. The first-order valence-corrected chi connectivity index (χ1v) is 9.42. The highest BCUT2D eigenvalue weighted by molar-refractivity contribution is 6.30. The third-order valence-electron chi connectivity index (χ3n) is 4.26. The summed E-state index contributed by atoms with van der Waals surface area (Å²) in [7, 11) is 1.12. The zero-order valence-electron chi connectivity index (χ0n) is 15.9. The number of carbonyl (C=O) groups is 1. The number of hydrogen-bond donors (Lipinski definition) is 2. The van der Waals surface area contributed by atoms with Gasteiger partial charge in [0.1, 0.15) is 13.1 Å². The van der Waals surface area contributed by atoms with E-state index in [2.05, 4.69) is 20.5 Å². The van der Waals surface area contributed by atoms with Crippen LogP contribution >= 0.6 is 11.6 Å². The molecule has 1 unspecified atom stereocenters. The first-order valence-electron chi connectivity index (χ1n) is 9.04. The van der Waals surface area contributed by atoms with Crippen molar-refractivity contribution < 1.29 is 18.0 Å². The minimum absolute atomic E-state index is 0.0970. The number of benzene rings is 1. The molecule has 6 nitrogen and oxygen atoms in total. The molecule has 1 amide bonds. The van der Waals surface area contributed by atoms with Gasteiger partial charge in [-0.3, -0.25) is 4.79 Å². The van der Waals surface area contributed by atoms with Crippen molar-refractivity contribution in [3.05, 3.63) is 29.3 Å². The average Bonchev–Trinajstić information content (AvgIpc) is 3.06. The van der Waals surface area contributed by atoms with Gasteiger partial charge >= 0.3 is 6.18 Å². The number of likely N-dealkylation sites (N-methyl/N-ethyl adjacent to an activating group) is 1. The maximum atomic E-state index is 12.4. The predicted octanol–water partition coefficient (Wildman–Crippen LogP) is 2.49. The van der Waals surface area contributed by atoms with Gasteiger partial charge in [-0.1, -0.05) is 17.7 Å². The molecule has 156 valence electrons. The van der Waals surface area contributed by atoms with Gasteiger partial charge in [-0.25, -0.2) is 4.99 Å². The van der Waals surface area contributed by atoms with Crippen molar-refractivity contribution in [3.8, 4) is 0 Å². The van der Waals surface area contributed by atoms with Crippen molar-refractivity contribution in [2.24, 2.45) is 4.99 Å². The molecule has 28 heavy (non-hydrogen) atoms. The summed E-state index contributed by atoms with van der Waals surface area (Å²) in [6, 6.07) is 7.70.